The summed E-state index contributed by atoms with van der Waals surface area (Å²) in [4.78, 5) is 36.1. The van der Waals surface area contributed by atoms with Crippen LogP contribution in [0.25, 0.3) is 0 Å². The van der Waals surface area contributed by atoms with Crippen LogP contribution in [0.3, 0.4) is 0 Å². The van der Waals surface area contributed by atoms with E-state index in [0.29, 0.717) is 18.9 Å². The number of aryl methyl sites for hydroxylation is 1. The molecule has 2 aromatic carbocycles. The van der Waals surface area contributed by atoms with E-state index in [1.807, 2.05) is 42.5 Å². The SMILES string of the molecule is N[C@H](C(=O)N[C@H](/C=C/C(=O)N1CCc2ccccc21)CCc1ccccc1)C1CC1.O=C(O)C(F)(F)F. The molecule has 0 aromatic heterocycles. The molecule has 1 aliphatic heterocycles. The van der Waals surface area contributed by atoms with Crippen LogP contribution in [0.1, 0.15) is 30.4 Å². The minimum atomic E-state index is -5.08. The zero-order chi connectivity index (χ0) is 27.0. The van der Waals surface area contributed by atoms with Crippen LogP contribution in [-0.2, 0) is 27.2 Å². The summed E-state index contributed by atoms with van der Waals surface area (Å²) in [7, 11) is 0. The van der Waals surface area contributed by atoms with Crippen molar-refractivity contribution < 1.29 is 32.7 Å². The highest BCUT2D eigenvalue weighted by Gasteiger charge is 2.38. The van der Waals surface area contributed by atoms with Crippen LogP contribution in [0, 0.1) is 5.92 Å². The first-order chi connectivity index (χ1) is 17.6. The average Bonchev–Trinajstić information content (AvgIpc) is 3.63. The van der Waals surface area contributed by atoms with Crippen molar-refractivity contribution in [2.45, 2.75) is 50.4 Å². The number of nitrogens with zero attached hydrogens (tertiary/aromatic N) is 1. The molecule has 1 aliphatic carbocycles. The van der Waals surface area contributed by atoms with Crippen LogP contribution < -0.4 is 16.0 Å². The molecule has 198 valence electrons. The Labute approximate surface area is 213 Å². The molecule has 0 spiro atoms. The number of benzene rings is 2. The smallest absolute Gasteiger partial charge is 0.475 e. The number of carboxylic acid groups (broad SMARTS) is 1. The highest BCUT2D eigenvalue weighted by atomic mass is 19.4. The zero-order valence-electron chi connectivity index (χ0n) is 20.2. The third kappa shape index (κ3) is 8.45. The van der Waals surface area contributed by atoms with Crippen LogP contribution in [-0.4, -0.2) is 47.7 Å². The summed E-state index contributed by atoms with van der Waals surface area (Å²) in [6.45, 7) is 0.691. The van der Waals surface area contributed by atoms with Gasteiger partial charge in [-0.1, -0.05) is 54.6 Å². The van der Waals surface area contributed by atoms with Crippen molar-refractivity contribution in [3.8, 4) is 0 Å². The predicted molar refractivity (Wildman–Crippen MR) is 133 cm³/mol. The van der Waals surface area contributed by atoms with Crippen LogP contribution in [0.15, 0.2) is 66.7 Å². The molecule has 4 rings (SSSR count). The Bertz CT molecular complexity index is 1120. The summed E-state index contributed by atoms with van der Waals surface area (Å²) >= 11 is 0. The maximum Gasteiger partial charge on any atom is 0.490 e. The summed E-state index contributed by atoms with van der Waals surface area (Å²) in [6.07, 6.45) is 2.78. The van der Waals surface area contributed by atoms with E-state index in [9.17, 15) is 22.8 Å². The number of para-hydroxylation sites is 1. The second-order valence-corrected chi connectivity index (χ2v) is 9.03. The first kappa shape index (κ1) is 27.9. The van der Waals surface area contributed by atoms with Gasteiger partial charge < -0.3 is 21.1 Å². The van der Waals surface area contributed by atoms with Gasteiger partial charge in [0.1, 0.15) is 0 Å². The van der Waals surface area contributed by atoms with E-state index in [4.69, 9.17) is 15.6 Å². The molecule has 0 bridgehead atoms. The van der Waals surface area contributed by atoms with E-state index in [1.165, 1.54) is 11.1 Å². The Morgan fingerprint density at radius 1 is 1.08 bits per heavy atom. The number of carbonyl (C=O) groups is 3. The number of hydrogen-bond acceptors (Lipinski definition) is 4. The first-order valence-corrected chi connectivity index (χ1v) is 12.0. The molecule has 0 radical (unpaired) electrons. The normalized spacial score (nSPS) is 16.4. The topological polar surface area (TPSA) is 113 Å². The molecule has 0 unspecified atom stereocenters. The van der Waals surface area contributed by atoms with Crippen molar-refractivity contribution in [1.29, 1.82) is 0 Å². The summed E-state index contributed by atoms with van der Waals surface area (Å²) in [6, 6.07) is 17.5. The van der Waals surface area contributed by atoms with Gasteiger partial charge in [-0.25, -0.2) is 4.79 Å². The number of halogens is 3. The van der Waals surface area contributed by atoms with Crippen molar-refractivity contribution in [2.24, 2.45) is 11.7 Å². The molecule has 37 heavy (non-hydrogen) atoms. The van der Waals surface area contributed by atoms with Gasteiger partial charge in [0.2, 0.25) is 5.91 Å². The molecule has 0 saturated heterocycles. The molecule has 1 saturated carbocycles. The maximum absolute atomic E-state index is 12.8. The lowest BCUT2D eigenvalue weighted by Crippen LogP contribution is -2.46. The number of carbonyl (C=O) groups excluding carboxylic acids is 2. The minimum absolute atomic E-state index is 0.0506. The Morgan fingerprint density at radius 3 is 2.32 bits per heavy atom. The number of nitrogens with one attached hydrogen (secondary N) is 1. The van der Waals surface area contributed by atoms with Crippen molar-refractivity contribution in [2.75, 3.05) is 11.4 Å². The fourth-order valence-corrected chi connectivity index (χ4v) is 3.99. The molecular formula is C27H30F3N3O4. The standard InChI is InChI=1S/C25H29N3O2.C2HF3O2/c26-24(20-11-12-20)25(30)27-21(13-10-18-6-2-1-3-7-18)14-15-23(29)28-17-16-19-8-4-5-9-22(19)28;3-2(4,5)1(6)7/h1-9,14-15,20-21,24H,10-13,16-17,26H2,(H,27,30);(H,6,7)/b15-14+;/t21-,24-;/m0./s1. The second-order valence-electron chi connectivity index (χ2n) is 9.03. The van der Waals surface area contributed by atoms with Gasteiger partial charge in [0.25, 0.3) is 5.91 Å². The number of amides is 2. The lowest BCUT2D eigenvalue weighted by atomic mass is 10.0. The highest BCUT2D eigenvalue weighted by molar-refractivity contribution is 6.03. The fraction of sp³-hybridized carbons (Fsp3) is 0.370. The van der Waals surface area contributed by atoms with E-state index in [1.54, 1.807) is 11.0 Å². The average molecular weight is 518 g/mol. The molecule has 1 heterocycles. The number of rotatable bonds is 8. The quantitative estimate of drug-likeness (QED) is 0.463. The molecule has 1 fully saturated rings. The molecule has 4 N–H and O–H groups in total. The molecule has 2 atom stereocenters. The van der Waals surface area contributed by atoms with Crippen molar-refractivity contribution in [3.05, 3.63) is 77.9 Å². The third-order valence-electron chi connectivity index (χ3n) is 6.21. The van der Waals surface area contributed by atoms with E-state index in [-0.39, 0.29) is 17.9 Å². The minimum Gasteiger partial charge on any atom is -0.475 e. The lowest BCUT2D eigenvalue weighted by molar-refractivity contribution is -0.192. The molecule has 2 amide bonds. The second kappa shape index (κ2) is 12.5. The van der Waals surface area contributed by atoms with Crippen molar-refractivity contribution in [3.63, 3.8) is 0 Å². The predicted octanol–water partition coefficient (Wildman–Crippen LogP) is 3.62. The first-order valence-electron chi connectivity index (χ1n) is 12.0. The lowest BCUT2D eigenvalue weighted by Gasteiger charge is -2.19. The maximum atomic E-state index is 12.8. The Kier molecular flexibility index (Phi) is 9.46. The van der Waals surface area contributed by atoms with E-state index in [2.05, 4.69) is 23.5 Å². The molecule has 2 aromatic rings. The summed E-state index contributed by atoms with van der Waals surface area (Å²) in [5.74, 6) is -2.64. The highest BCUT2D eigenvalue weighted by Crippen LogP contribution is 2.31. The van der Waals surface area contributed by atoms with Gasteiger partial charge in [-0.2, -0.15) is 13.2 Å². The summed E-state index contributed by atoms with van der Waals surface area (Å²) in [5, 5.41) is 10.2. The Morgan fingerprint density at radius 2 is 1.70 bits per heavy atom. The summed E-state index contributed by atoms with van der Waals surface area (Å²) < 4.78 is 31.7. The molecule has 7 nitrogen and oxygen atoms in total. The van der Waals surface area contributed by atoms with Crippen LogP contribution in [0.5, 0.6) is 0 Å². The van der Waals surface area contributed by atoms with Gasteiger partial charge >= 0.3 is 12.1 Å². The number of nitrogens with two attached hydrogens (primary N) is 1. The van der Waals surface area contributed by atoms with E-state index >= 15 is 0 Å². The van der Waals surface area contributed by atoms with Crippen LogP contribution >= 0.6 is 0 Å². The van der Waals surface area contributed by atoms with Gasteiger partial charge in [-0.05, 0) is 55.2 Å². The van der Waals surface area contributed by atoms with Gasteiger partial charge in [0.15, 0.2) is 0 Å². The number of aliphatic carboxylic acids is 1. The van der Waals surface area contributed by atoms with Crippen LogP contribution in [0.2, 0.25) is 0 Å². The van der Waals surface area contributed by atoms with Crippen LogP contribution in [0.4, 0.5) is 18.9 Å². The summed E-state index contributed by atoms with van der Waals surface area (Å²) in [5.41, 5.74) is 9.46. The van der Waals surface area contributed by atoms with Crippen molar-refractivity contribution >= 4 is 23.5 Å². The number of hydrogen-bond donors (Lipinski definition) is 3. The molecular weight excluding hydrogens is 487 g/mol. The van der Waals surface area contributed by atoms with E-state index in [0.717, 1.165) is 31.4 Å². The fourth-order valence-electron chi connectivity index (χ4n) is 3.99. The van der Waals surface area contributed by atoms with E-state index < -0.39 is 18.2 Å². The number of anilines is 1. The van der Waals surface area contributed by atoms with Gasteiger partial charge in [-0.3, -0.25) is 9.59 Å². The zero-order valence-corrected chi connectivity index (χ0v) is 20.2. The largest absolute Gasteiger partial charge is 0.490 e. The number of carboxylic acids is 1. The van der Waals surface area contributed by atoms with Gasteiger partial charge in [-0.15, -0.1) is 0 Å². The molecule has 10 heteroatoms. The third-order valence-corrected chi connectivity index (χ3v) is 6.21. The Hall–Kier alpha value is -3.66. The van der Waals surface area contributed by atoms with Gasteiger partial charge in [0, 0.05) is 24.4 Å². The number of fused-ring (bicyclic) bond motifs is 1. The molecule has 2 aliphatic rings. The number of alkyl halides is 3. The Balaban J connectivity index is 0.000000479. The monoisotopic (exact) mass is 517 g/mol. The van der Waals surface area contributed by atoms with Crippen molar-refractivity contribution in [1.82, 2.24) is 5.32 Å². The van der Waals surface area contributed by atoms with Gasteiger partial charge in [0.05, 0.1) is 6.04 Å².